The Kier molecular flexibility index (Phi) is 4.96. The SMILES string of the molecule is O=C(c1ccc(NS(=O)(=O)c2cccc([N+](=O)[O-])c2)cc1)N1CCc2ccccc21. The van der Waals surface area contributed by atoms with Gasteiger partial charge in [-0.3, -0.25) is 19.6 Å². The normalized spacial score (nSPS) is 13.0. The molecule has 30 heavy (non-hydrogen) atoms. The molecule has 152 valence electrons. The standard InChI is InChI=1S/C21H17N3O5S/c25-21(23-13-12-15-4-1-2-7-20(15)23)16-8-10-17(11-9-16)22-30(28,29)19-6-3-5-18(14-19)24(26)27/h1-11,14,22H,12-13H2. The molecule has 0 aliphatic carbocycles. The Labute approximate surface area is 173 Å². The number of nitro benzene ring substituents is 1. The number of carbonyl (C=O) groups excluding carboxylic acids is 1. The van der Waals surface area contributed by atoms with Crippen LogP contribution < -0.4 is 9.62 Å². The molecular weight excluding hydrogens is 406 g/mol. The molecule has 0 saturated heterocycles. The van der Waals surface area contributed by atoms with Gasteiger partial charge in [-0.25, -0.2) is 8.42 Å². The van der Waals surface area contributed by atoms with Crippen LogP contribution in [0.5, 0.6) is 0 Å². The van der Waals surface area contributed by atoms with Crippen LogP contribution in [0.3, 0.4) is 0 Å². The van der Waals surface area contributed by atoms with E-state index >= 15 is 0 Å². The number of fused-ring (bicyclic) bond motifs is 1. The number of anilines is 2. The van der Waals surface area contributed by atoms with Gasteiger partial charge in [-0.1, -0.05) is 24.3 Å². The summed E-state index contributed by atoms with van der Waals surface area (Å²) in [7, 11) is -4.01. The van der Waals surface area contributed by atoms with Gasteiger partial charge >= 0.3 is 0 Å². The maximum Gasteiger partial charge on any atom is 0.270 e. The van der Waals surface area contributed by atoms with Gasteiger partial charge in [0.2, 0.25) is 0 Å². The lowest BCUT2D eigenvalue weighted by atomic mass is 10.1. The lowest BCUT2D eigenvalue weighted by Gasteiger charge is -2.17. The number of carbonyl (C=O) groups is 1. The molecule has 0 bridgehead atoms. The minimum Gasteiger partial charge on any atom is -0.308 e. The minimum absolute atomic E-state index is 0.159. The predicted octanol–water partition coefficient (Wildman–Crippen LogP) is 3.60. The number of nitro groups is 1. The average Bonchev–Trinajstić information content (AvgIpc) is 3.18. The number of nitrogens with one attached hydrogen (secondary N) is 1. The number of para-hydroxylation sites is 1. The number of rotatable bonds is 5. The molecule has 3 aromatic rings. The van der Waals surface area contributed by atoms with Crippen LogP contribution in [-0.4, -0.2) is 25.8 Å². The van der Waals surface area contributed by atoms with Gasteiger partial charge in [0, 0.05) is 35.6 Å². The minimum atomic E-state index is -4.01. The molecule has 1 N–H and O–H groups in total. The van der Waals surface area contributed by atoms with Crippen molar-refractivity contribution in [3.05, 3.63) is 94.0 Å². The lowest BCUT2D eigenvalue weighted by Crippen LogP contribution is -2.28. The summed E-state index contributed by atoms with van der Waals surface area (Å²) in [6.07, 6.45) is 0.795. The van der Waals surface area contributed by atoms with Gasteiger partial charge in [0.1, 0.15) is 0 Å². The molecule has 0 atom stereocenters. The molecule has 9 heteroatoms. The van der Waals surface area contributed by atoms with Crippen molar-refractivity contribution in [1.82, 2.24) is 0 Å². The molecule has 0 saturated carbocycles. The molecule has 4 rings (SSSR count). The summed E-state index contributed by atoms with van der Waals surface area (Å²) in [5.41, 5.74) is 2.37. The molecule has 0 radical (unpaired) electrons. The molecule has 0 fully saturated rings. The summed E-state index contributed by atoms with van der Waals surface area (Å²) in [5.74, 6) is -0.159. The van der Waals surface area contributed by atoms with Gasteiger partial charge in [-0.2, -0.15) is 0 Å². The fourth-order valence-corrected chi connectivity index (χ4v) is 4.46. The van der Waals surface area contributed by atoms with E-state index in [1.807, 2.05) is 24.3 Å². The monoisotopic (exact) mass is 423 g/mol. The predicted molar refractivity (Wildman–Crippen MR) is 112 cm³/mol. The van der Waals surface area contributed by atoms with Crippen molar-refractivity contribution >= 4 is 33.0 Å². The number of non-ortho nitro benzene ring substituents is 1. The third kappa shape index (κ3) is 3.74. The zero-order valence-electron chi connectivity index (χ0n) is 15.7. The van der Waals surface area contributed by atoms with Crippen LogP contribution in [0.4, 0.5) is 17.1 Å². The summed E-state index contributed by atoms with van der Waals surface area (Å²) in [5, 5.41) is 10.9. The van der Waals surface area contributed by atoms with Crippen LogP contribution in [0, 0.1) is 10.1 Å². The van der Waals surface area contributed by atoms with Crippen LogP contribution in [0.2, 0.25) is 0 Å². The number of hydrogen-bond acceptors (Lipinski definition) is 5. The molecule has 3 aromatic carbocycles. The quantitative estimate of drug-likeness (QED) is 0.498. The Balaban J connectivity index is 1.52. The van der Waals surface area contributed by atoms with Crippen LogP contribution >= 0.6 is 0 Å². The largest absolute Gasteiger partial charge is 0.308 e. The Morgan fingerprint density at radius 1 is 1.00 bits per heavy atom. The van der Waals surface area contributed by atoms with E-state index in [4.69, 9.17) is 0 Å². The maximum absolute atomic E-state index is 12.9. The lowest BCUT2D eigenvalue weighted by molar-refractivity contribution is -0.385. The molecule has 0 unspecified atom stereocenters. The van der Waals surface area contributed by atoms with Gasteiger partial charge in [0.05, 0.1) is 9.82 Å². The highest BCUT2D eigenvalue weighted by molar-refractivity contribution is 7.92. The van der Waals surface area contributed by atoms with Crippen molar-refractivity contribution in [2.45, 2.75) is 11.3 Å². The van der Waals surface area contributed by atoms with Crippen LogP contribution in [0.15, 0.2) is 77.7 Å². The highest BCUT2D eigenvalue weighted by atomic mass is 32.2. The second-order valence-electron chi connectivity index (χ2n) is 6.77. The number of amides is 1. The molecule has 8 nitrogen and oxygen atoms in total. The van der Waals surface area contributed by atoms with E-state index in [1.165, 1.54) is 30.3 Å². The zero-order chi connectivity index (χ0) is 21.3. The first-order valence-electron chi connectivity index (χ1n) is 9.12. The van der Waals surface area contributed by atoms with Crippen molar-refractivity contribution in [1.29, 1.82) is 0 Å². The molecule has 1 aliphatic heterocycles. The third-order valence-corrected chi connectivity index (χ3v) is 6.23. The molecule has 0 aromatic heterocycles. The summed E-state index contributed by atoms with van der Waals surface area (Å²) < 4.78 is 27.4. The van der Waals surface area contributed by atoms with Gasteiger partial charge in [-0.05, 0) is 48.4 Å². The van der Waals surface area contributed by atoms with E-state index < -0.39 is 14.9 Å². The second kappa shape index (κ2) is 7.60. The Morgan fingerprint density at radius 3 is 2.47 bits per heavy atom. The van der Waals surface area contributed by atoms with Gasteiger partial charge in [0.15, 0.2) is 0 Å². The number of nitrogens with zero attached hydrogens (tertiary/aromatic N) is 2. The highest BCUT2D eigenvalue weighted by Crippen LogP contribution is 2.29. The summed E-state index contributed by atoms with van der Waals surface area (Å²) in [6.45, 7) is 0.597. The van der Waals surface area contributed by atoms with E-state index in [2.05, 4.69) is 4.72 Å². The molecule has 0 spiro atoms. The Hall–Kier alpha value is -3.72. The van der Waals surface area contributed by atoms with E-state index in [0.29, 0.717) is 12.1 Å². The van der Waals surface area contributed by atoms with Crippen LogP contribution in [0.25, 0.3) is 0 Å². The highest BCUT2D eigenvalue weighted by Gasteiger charge is 2.25. The number of sulfonamides is 1. The van der Waals surface area contributed by atoms with E-state index in [1.54, 1.807) is 17.0 Å². The molecule has 1 heterocycles. The first-order valence-corrected chi connectivity index (χ1v) is 10.6. The van der Waals surface area contributed by atoms with Crippen LogP contribution in [0.1, 0.15) is 15.9 Å². The van der Waals surface area contributed by atoms with E-state index in [9.17, 15) is 23.3 Å². The van der Waals surface area contributed by atoms with Crippen molar-refractivity contribution in [2.24, 2.45) is 0 Å². The number of hydrogen-bond donors (Lipinski definition) is 1. The fourth-order valence-electron chi connectivity index (χ4n) is 3.36. The Bertz CT molecular complexity index is 1240. The summed E-state index contributed by atoms with van der Waals surface area (Å²) >= 11 is 0. The first kappa shape index (κ1) is 19.6. The fraction of sp³-hybridized carbons (Fsp3) is 0.0952. The van der Waals surface area contributed by atoms with E-state index in [-0.39, 0.29) is 22.2 Å². The van der Waals surface area contributed by atoms with Crippen molar-refractivity contribution in [3.8, 4) is 0 Å². The smallest absolute Gasteiger partial charge is 0.270 e. The van der Waals surface area contributed by atoms with Crippen molar-refractivity contribution in [2.75, 3.05) is 16.2 Å². The van der Waals surface area contributed by atoms with E-state index in [0.717, 1.165) is 23.7 Å². The average molecular weight is 423 g/mol. The van der Waals surface area contributed by atoms with Crippen molar-refractivity contribution < 1.29 is 18.1 Å². The molecule has 1 amide bonds. The summed E-state index contributed by atoms with van der Waals surface area (Å²) in [6, 6.07) is 18.6. The van der Waals surface area contributed by atoms with Crippen molar-refractivity contribution in [3.63, 3.8) is 0 Å². The third-order valence-electron chi connectivity index (χ3n) is 4.86. The molecule has 1 aliphatic rings. The Morgan fingerprint density at radius 2 is 1.73 bits per heavy atom. The van der Waals surface area contributed by atoms with Gasteiger partial charge < -0.3 is 4.90 Å². The first-order chi connectivity index (χ1) is 14.3. The number of benzene rings is 3. The van der Waals surface area contributed by atoms with Crippen LogP contribution in [-0.2, 0) is 16.4 Å². The second-order valence-corrected chi connectivity index (χ2v) is 8.46. The maximum atomic E-state index is 12.9. The zero-order valence-corrected chi connectivity index (χ0v) is 16.5. The summed E-state index contributed by atoms with van der Waals surface area (Å²) in [4.78, 5) is 24.6. The topological polar surface area (TPSA) is 110 Å². The molecular formula is C21H17N3O5S. The van der Waals surface area contributed by atoms with Gasteiger partial charge in [0.25, 0.3) is 21.6 Å². The van der Waals surface area contributed by atoms with Gasteiger partial charge in [-0.15, -0.1) is 0 Å².